The van der Waals surface area contributed by atoms with Crippen molar-refractivity contribution in [3.05, 3.63) is 23.3 Å². The summed E-state index contributed by atoms with van der Waals surface area (Å²) in [7, 11) is 5.88. The summed E-state index contributed by atoms with van der Waals surface area (Å²) in [6.45, 7) is 4.26. The molecule has 1 aromatic heterocycles. The highest BCUT2D eigenvalue weighted by Crippen LogP contribution is 2.39. The van der Waals surface area contributed by atoms with Gasteiger partial charge in [-0.3, -0.25) is 0 Å². The number of fused-ring (bicyclic) bond motifs is 1. The van der Waals surface area contributed by atoms with Gasteiger partial charge in [0.25, 0.3) is 0 Å². The molecule has 1 aromatic carbocycles. The summed E-state index contributed by atoms with van der Waals surface area (Å²) in [5.74, 6) is 0.983. The molecule has 3 heteroatoms. The predicted octanol–water partition coefficient (Wildman–Crippen LogP) is 3.59. The lowest BCUT2D eigenvalue weighted by Gasteiger charge is -2.07. The molecule has 0 fully saturated rings. The normalized spacial score (nSPS) is 10.8. The number of ether oxygens (including phenoxy) is 1. The standard InChI is InChI=1S/C13H17NOS/c1-8-6-11(15-5)9(2)13-10(8)7-12(16-13)14(3)4/h6-7H,1-5H3. The Morgan fingerprint density at radius 1 is 1.19 bits per heavy atom. The fourth-order valence-corrected chi connectivity index (χ4v) is 3.03. The topological polar surface area (TPSA) is 12.5 Å². The Morgan fingerprint density at radius 2 is 1.88 bits per heavy atom. The highest BCUT2D eigenvalue weighted by molar-refractivity contribution is 7.23. The van der Waals surface area contributed by atoms with E-state index in [4.69, 9.17) is 4.74 Å². The molecule has 16 heavy (non-hydrogen) atoms. The smallest absolute Gasteiger partial charge is 0.123 e. The van der Waals surface area contributed by atoms with E-state index >= 15 is 0 Å². The zero-order chi connectivity index (χ0) is 11.9. The van der Waals surface area contributed by atoms with Gasteiger partial charge in [-0.1, -0.05) is 0 Å². The number of hydrogen-bond acceptors (Lipinski definition) is 3. The van der Waals surface area contributed by atoms with Crippen molar-refractivity contribution in [1.82, 2.24) is 0 Å². The van der Waals surface area contributed by atoms with Crippen LogP contribution in [-0.2, 0) is 0 Å². The van der Waals surface area contributed by atoms with Gasteiger partial charge in [-0.15, -0.1) is 11.3 Å². The highest BCUT2D eigenvalue weighted by atomic mass is 32.1. The van der Waals surface area contributed by atoms with Gasteiger partial charge < -0.3 is 9.64 Å². The third-order valence-electron chi connectivity index (χ3n) is 2.86. The second-order valence-corrected chi connectivity index (χ2v) is 5.27. The molecule has 1 heterocycles. The SMILES string of the molecule is COc1cc(C)c2cc(N(C)C)sc2c1C. The van der Waals surface area contributed by atoms with Crippen molar-refractivity contribution in [2.24, 2.45) is 0 Å². The van der Waals surface area contributed by atoms with Gasteiger partial charge in [-0.25, -0.2) is 0 Å². The lowest BCUT2D eigenvalue weighted by molar-refractivity contribution is 0.412. The number of rotatable bonds is 2. The van der Waals surface area contributed by atoms with Crippen LogP contribution in [0.15, 0.2) is 12.1 Å². The zero-order valence-corrected chi connectivity index (χ0v) is 11.2. The molecule has 0 bridgehead atoms. The molecule has 0 N–H and O–H groups in total. The summed E-state index contributed by atoms with van der Waals surface area (Å²) in [5.41, 5.74) is 2.52. The monoisotopic (exact) mass is 235 g/mol. The van der Waals surface area contributed by atoms with Crippen molar-refractivity contribution in [1.29, 1.82) is 0 Å². The Bertz CT molecular complexity index is 528. The minimum atomic E-state index is 0.983. The van der Waals surface area contributed by atoms with E-state index in [1.165, 1.54) is 26.2 Å². The number of hydrogen-bond donors (Lipinski definition) is 0. The van der Waals surface area contributed by atoms with Gasteiger partial charge in [0.05, 0.1) is 12.1 Å². The molecule has 0 saturated heterocycles. The maximum atomic E-state index is 5.40. The van der Waals surface area contributed by atoms with Crippen LogP contribution >= 0.6 is 11.3 Å². The number of thiophene rings is 1. The molecule has 0 atom stereocenters. The largest absolute Gasteiger partial charge is 0.496 e. The molecule has 0 saturated carbocycles. The van der Waals surface area contributed by atoms with Crippen LogP contribution in [0.4, 0.5) is 5.00 Å². The Balaban J connectivity index is 2.75. The Morgan fingerprint density at radius 3 is 2.44 bits per heavy atom. The molecule has 0 aliphatic heterocycles. The van der Waals surface area contributed by atoms with Gasteiger partial charge in [0.2, 0.25) is 0 Å². The molecule has 2 aromatic rings. The van der Waals surface area contributed by atoms with Crippen LogP contribution in [0, 0.1) is 13.8 Å². The van der Waals surface area contributed by atoms with E-state index in [-0.39, 0.29) is 0 Å². The molecule has 2 rings (SSSR count). The molecule has 0 amide bonds. The van der Waals surface area contributed by atoms with Gasteiger partial charge in [0, 0.05) is 24.4 Å². The first-order valence-electron chi connectivity index (χ1n) is 5.29. The zero-order valence-electron chi connectivity index (χ0n) is 10.4. The number of methoxy groups -OCH3 is 1. The number of aryl methyl sites for hydroxylation is 2. The van der Waals surface area contributed by atoms with E-state index in [2.05, 4.69) is 45.0 Å². The van der Waals surface area contributed by atoms with E-state index in [1.54, 1.807) is 7.11 Å². The summed E-state index contributed by atoms with van der Waals surface area (Å²) in [6, 6.07) is 4.37. The van der Waals surface area contributed by atoms with E-state index in [0.717, 1.165) is 5.75 Å². The Kier molecular flexibility index (Phi) is 2.80. The fourth-order valence-electron chi connectivity index (χ4n) is 1.88. The minimum absolute atomic E-state index is 0.983. The first-order valence-corrected chi connectivity index (χ1v) is 6.11. The molecular formula is C13H17NOS. The lowest BCUT2D eigenvalue weighted by atomic mass is 10.1. The fraction of sp³-hybridized carbons (Fsp3) is 0.385. The summed E-state index contributed by atoms with van der Waals surface area (Å²) in [4.78, 5) is 2.15. The maximum absolute atomic E-state index is 5.40. The molecule has 0 aliphatic carbocycles. The first kappa shape index (κ1) is 11.3. The minimum Gasteiger partial charge on any atom is -0.496 e. The van der Waals surface area contributed by atoms with Crippen LogP contribution < -0.4 is 9.64 Å². The van der Waals surface area contributed by atoms with E-state index in [1.807, 2.05) is 11.3 Å². The van der Waals surface area contributed by atoms with Crippen molar-refractivity contribution in [3.8, 4) is 5.75 Å². The predicted molar refractivity (Wildman–Crippen MR) is 72.2 cm³/mol. The Labute approximate surface area is 100 Å². The van der Waals surface area contributed by atoms with E-state index < -0.39 is 0 Å². The van der Waals surface area contributed by atoms with Crippen molar-refractivity contribution >= 4 is 26.4 Å². The molecule has 0 unspecified atom stereocenters. The van der Waals surface area contributed by atoms with Gasteiger partial charge >= 0.3 is 0 Å². The second kappa shape index (κ2) is 3.98. The van der Waals surface area contributed by atoms with E-state index in [0.29, 0.717) is 0 Å². The molecule has 0 aliphatic rings. The van der Waals surface area contributed by atoms with E-state index in [9.17, 15) is 0 Å². The van der Waals surface area contributed by atoms with Crippen LogP contribution in [0.3, 0.4) is 0 Å². The maximum Gasteiger partial charge on any atom is 0.123 e. The average molecular weight is 235 g/mol. The second-order valence-electron chi connectivity index (χ2n) is 4.24. The van der Waals surface area contributed by atoms with Crippen LogP contribution in [0.25, 0.3) is 10.1 Å². The van der Waals surface area contributed by atoms with Gasteiger partial charge in [-0.05, 0) is 36.9 Å². The van der Waals surface area contributed by atoms with Crippen LogP contribution in [0.1, 0.15) is 11.1 Å². The molecule has 0 spiro atoms. The number of benzene rings is 1. The molecular weight excluding hydrogens is 218 g/mol. The van der Waals surface area contributed by atoms with Crippen LogP contribution in [0.2, 0.25) is 0 Å². The Hall–Kier alpha value is -1.22. The van der Waals surface area contributed by atoms with Crippen molar-refractivity contribution in [3.63, 3.8) is 0 Å². The molecule has 2 nitrogen and oxygen atoms in total. The first-order chi connectivity index (χ1) is 7.54. The lowest BCUT2D eigenvalue weighted by Crippen LogP contribution is -2.05. The summed E-state index contributed by atoms with van der Waals surface area (Å²) in [5, 5.41) is 2.63. The van der Waals surface area contributed by atoms with Crippen molar-refractivity contribution in [2.45, 2.75) is 13.8 Å². The average Bonchev–Trinajstić information content (AvgIpc) is 2.68. The van der Waals surface area contributed by atoms with Crippen LogP contribution in [0.5, 0.6) is 5.75 Å². The summed E-state index contributed by atoms with van der Waals surface area (Å²) < 4.78 is 6.73. The van der Waals surface area contributed by atoms with Gasteiger partial charge in [0.15, 0.2) is 0 Å². The highest BCUT2D eigenvalue weighted by Gasteiger charge is 2.11. The van der Waals surface area contributed by atoms with Crippen molar-refractivity contribution < 1.29 is 4.74 Å². The summed E-state index contributed by atoms with van der Waals surface area (Å²) >= 11 is 1.82. The van der Waals surface area contributed by atoms with Gasteiger partial charge in [-0.2, -0.15) is 0 Å². The third-order valence-corrected chi connectivity index (χ3v) is 4.28. The quantitative estimate of drug-likeness (QED) is 0.788. The third kappa shape index (κ3) is 1.65. The number of anilines is 1. The number of nitrogens with zero attached hydrogens (tertiary/aromatic N) is 1. The van der Waals surface area contributed by atoms with Crippen LogP contribution in [-0.4, -0.2) is 21.2 Å². The molecule has 86 valence electrons. The molecule has 0 radical (unpaired) electrons. The summed E-state index contributed by atoms with van der Waals surface area (Å²) in [6.07, 6.45) is 0. The van der Waals surface area contributed by atoms with Gasteiger partial charge in [0.1, 0.15) is 5.75 Å². The van der Waals surface area contributed by atoms with Crippen molar-refractivity contribution in [2.75, 3.05) is 26.1 Å².